The molecule has 0 heterocycles. The van der Waals surface area contributed by atoms with E-state index in [9.17, 15) is 19.2 Å². The molecule has 0 spiro atoms. The second-order valence-electron chi connectivity index (χ2n) is 13.7. The maximum atomic E-state index is 12.7. The van der Waals surface area contributed by atoms with Crippen molar-refractivity contribution in [3.63, 3.8) is 0 Å². The number of unbranched alkanes of at least 4 members (excludes halogenated alkanes) is 10. The summed E-state index contributed by atoms with van der Waals surface area (Å²) < 4.78 is 5.89. The van der Waals surface area contributed by atoms with Crippen LogP contribution in [0.15, 0.2) is 85.1 Å². The molecule has 2 unspecified atom stereocenters. The van der Waals surface area contributed by atoms with E-state index < -0.39 is 24.5 Å². The number of carboxylic acids is 1. The Labute approximate surface area is 333 Å². The molecule has 0 aliphatic heterocycles. The van der Waals surface area contributed by atoms with Crippen molar-refractivity contribution >= 4 is 23.8 Å². The van der Waals surface area contributed by atoms with Crippen LogP contribution >= 0.6 is 0 Å². The molecule has 0 saturated heterocycles. The van der Waals surface area contributed by atoms with Gasteiger partial charge in [0.2, 0.25) is 11.8 Å². The van der Waals surface area contributed by atoms with E-state index in [0.29, 0.717) is 12.8 Å². The van der Waals surface area contributed by atoms with E-state index in [-0.39, 0.29) is 30.9 Å². The average Bonchev–Trinajstić information content (AvgIpc) is 3.17. The molecule has 0 aliphatic carbocycles. The molecule has 0 fully saturated rings. The monoisotopic (exact) mass is 767 g/mol. The maximum Gasteiger partial charge on any atom is 0.328 e. The first kappa shape index (κ1) is 51.0. The van der Waals surface area contributed by atoms with Crippen LogP contribution in [0.5, 0.6) is 0 Å². The van der Waals surface area contributed by atoms with Gasteiger partial charge in [-0.25, -0.2) is 4.79 Å². The summed E-state index contributed by atoms with van der Waals surface area (Å²) in [5.41, 5.74) is 0. The third-order valence-electron chi connectivity index (χ3n) is 8.61. The number of carbonyl (C=O) groups excluding carboxylic acids is 3. The van der Waals surface area contributed by atoms with E-state index in [2.05, 4.69) is 103 Å². The first-order valence-electron chi connectivity index (χ1n) is 21.0. The Morgan fingerprint density at radius 1 is 0.582 bits per heavy atom. The molecule has 0 aromatic heterocycles. The summed E-state index contributed by atoms with van der Waals surface area (Å²) in [5.74, 6) is -2.43. The molecule has 0 radical (unpaired) electrons. The van der Waals surface area contributed by atoms with Crippen LogP contribution in [0, 0.1) is 0 Å². The fourth-order valence-electron chi connectivity index (χ4n) is 5.40. The van der Waals surface area contributed by atoms with Gasteiger partial charge in [0.25, 0.3) is 0 Å². The molecular weight excluding hydrogens is 693 g/mol. The SMILES string of the molecule is CC/C=C\C/C=C\C/C=C\C/C=C\C/C=C\CCCC(=O)OC(/C=C\C/C=C\CCCCCC)CCCCCCCCC(=O)NCC(=O)NC(CO)C(=O)O. The number of carbonyl (C=O) groups is 4. The lowest BCUT2D eigenvalue weighted by Gasteiger charge is -2.14. The molecule has 0 aliphatic rings. The van der Waals surface area contributed by atoms with Crippen molar-refractivity contribution in [2.75, 3.05) is 13.2 Å². The van der Waals surface area contributed by atoms with E-state index in [1.54, 1.807) is 0 Å². The Morgan fingerprint density at radius 2 is 1.11 bits per heavy atom. The van der Waals surface area contributed by atoms with Crippen LogP contribution in [0.3, 0.4) is 0 Å². The van der Waals surface area contributed by atoms with Crippen molar-refractivity contribution in [2.45, 2.75) is 167 Å². The van der Waals surface area contributed by atoms with Gasteiger partial charge in [0.05, 0.1) is 13.2 Å². The van der Waals surface area contributed by atoms with E-state index in [1.807, 2.05) is 6.08 Å². The third kappa shape index (κ3) is 36.8. The van der Waals surface area contributed by atoms with E-state index in [4.69, 9.17) is 14.9 Å². The van der Waals surface area contributed by atoms with Crippen molar-refractivity contribution in [1.82, 2.24) is 10.6 Å². The van der Waals surface area contributed by atoms with E-state index in [1.165, 1.54) is 25.7 Å². The normalized spacial score (nSPS) is 13.4. The summed E-state index contributed by atoms with van der Waals surface area (Å²) >= 11 is 0. The predicted molar refractivity (Wildman–Crippen MR) is 226 cm³/mol. The highest BCUT2D eigenvalue weighted by atomic mass is 16.5. The minimum atomic E-state index is -1.39. The molecule has 2 atom stereocenters. The number of hydrogen-bond donors (Lipinski definition) is 4. The van der Waals surface area contributed by atoms with Crippen LogP contribution in [0.25, 0.3) is 0 Å². The second-order valence-corrected chi connectivity index (χ2v) is 13.7. The summed E-state index contributed by atoms with van der Waals surface area (Å²) in [6, 6.07) is -1.39. The standard InChI is InChI=1S/C46H74N2O7/c1-3-5-7-9-11-13-14-15-16-17-18-19-20-22-24-30-34-38-45(52)55-41(35-31-27-23-21-12-10-8-6-4-2)36-32-28-25-26-29-33-37-43(50)47-39-44(51)48-42(40-49)46(53)54/h5,7,11,13,15-16,18-19,21-24,31,35,41-42,49H,3-4,6,8-10,12,14,17,20,25-30,32-34,36-40H2,1-2H3,(H,47,50)(H,48,51)(H,53,54)/b7-5-,13-11-,16-15-,19-18-,23-21-,24-22-,35-31-. The number of allylic oxidation sites excluding steroid dienone is 13. The molecule has 0 rings (SSSR count). The summed E-state index contributed by atoms with van der Waals surface area (Å²) in [6.07, 6.45) is 50.6. The lowest BCUT2D eigenvalue weighted by atomic mass is 10.1. The Kier molecular flexibility index (Phi) is 36.8. The Bertz CT molecular complexity index is 1200. The molecule has 310 valence electrons. The minimum Gasteiger partial charge on any atom is -0.480 e. The Morgan fingerprint density at radius 3 is 1.69 bits per heavy atom. The summed E-state index contributed by atoms with van der Waals surface area (Å²) in [7, 11) is 0. The number of rotatable bonds is 36. The summed E-state index contributed by atoms with van der Waals surface area (Å²) in [4.78, 5) is 47.4. The molecule has 0 saturated carbocycles. The Hall–Kier alpha value is -3.98. The maximum absolute atomic E-state index is 12.7. The molecule has 0 aromatic carbocycles. The van der Waals surface area contributed by atoms with Crippen molar-refractivity contribution < 1.29 is 34.1 Å². The highest BCUT2D eigenvalue weighted by Crippen LogP contribution is 2.14. The zero-order valence-corrected chi connectivity index (χ0v) is 34.1. The first-order valence-corrected chi connectivity index (χ1v) is 21.0. The molecule has 4 N–H and O–H groups in total. The lowest BCUT2D eigenvalue weighted by molar-refractivity contribution is -0.147. The number of ether oxygens (including phenoxy) is 1. The molecule has 2 amide bonds. The van der Waals surface area contributed by atoms with Crippen LogP contribution in [0.1, 0.15) is 155 Å². The fourth-order valence-corrected chi connectivity index (χ4v) is 5.40. The van der Waals surface area contributed by atoms with Gasteiger partial charge in [-0.15, -0.1) is 0 Å². The van der Waals surface area contributed by atoms with Crippen LogP contribution < -0.4 is 10.6 Å². The van der Waals surface area contributed by atoms with E-state index >= 15 is 0 Å². The predicted octanol–water partition coefficient (Wildman–Crippen LogP) is 10.1. The molecule has 9 nitrogen and oxygen atoms in total. The third-order valence-corrected chi connectivity index (χ3v) is 8.61. The van der Waals surface area contributed by atoms with Crippen molar-refractivity contribution in [3.05, 3.63) is 85.1 Å². The number of aliphatic hydroxyl groups is 1. The molecular formula is C46H74N2O7. The highest BCUT2D eigenvalue weighted by molar-refractivity contribution is 5.87. The second kappa shape index (κ2) is 39.7. The van der Waals surface area contributed by atoms with Gasteiger partial charge in [0.15, 0.2) is 0 Å². The molecule has 55 heavy (non-hydrogen) atoms. The number of nitrogens with one attached hydrogen (secondary N) is 2. The molecule has 0 aromatic rings. The number of aliphatic hydroxyl groups excluding tert-OH is 1. The van der Waals surface area contributed by atoms with E-state index in [0.717, 1.165) is 96.3 Å². The highest BCUT2D eigenvalue weighted by Gasteiger charge is 2.18. The van der Waals surface area contributed by atoms with Crippen molar-refractivity contribution in [1.29, 1.82) is 0 Å². The van der Waals surface area contributed by atoms with Crippen molar-refractivity contribution in [3.8, 4) is 0 Å². The average molecular weight is 767 g/mol. The Balaban J connectivity index is 4.42. The van der Waals surface area contributed by atoms with Gasteiger partial charge in [-0.1, -0.05) is 138 Å². The zero-order valence-electron chi connectivity index (χ0n) is 34.1. The van der Waals surface area contributed by atoms with Crippen LogP contribution in [0.4, 0.5) is 0 Å². The van der Waals surface area contributed by atoms with Crippen LogP contribution in [0.2, 0.25) is 0 Å². The quantitative estimate of drug-likeness (QED) is 0.0283. The number of hydrogen-bond acceptors (Lipinski definition) is 6. The van der Waals surface area contributed by atoms with Gasteiger partial charge in [0, 0.05) is 12.8 Å². The van der Waals surface area contributed by atoms with Gasteiger partial charge >= 0.3 is 11.9 Å². The van der Waals surface area contributed by atoms with Gasteiger partial charge in [0.1, 0.15) is 12.1 Å². The van der Waals surface area contributed by atoms with Gasteiger partial charge in [-0.05, 0) is 89.5 Å². The largest absolute Gasteiger partial charge is 0.480 e. The van der Waals surface area contributed by atoms with Crippen molar-refractivity contribution in [2.24, 2.45) is 0 Å². The van der Waals surface area contributed by atoms with Gasteiger partial charge in [-0.3, -0.25) is 14.4 Å². The minimum absolute atomic E-state index is 0.153. The summed E-state index contributed by atoms with van der Waals surface area (Å²) in [6.45, 7) is 3.31. The zero-order chi connectivity index (χ0) is 40.5. The lowest BCUT2D eigenvalue weighted by Crippen LogP contribution is -2.47. The fraction of sp³-hybridized carbons (Fsp3) is 0.609. The van der Waals surface area contributed by atoms with Crippen LogP contribution in [-0.4, -0.2) is 59.3 Å². The number of esters is 1. The van der Waals surface area contributed by atoms with Crippen LogP contribution in [-0.2, 0) is 23.9 Å². The number of aliphatic carboxylic acids is 1. The smallest absolute Gasteiger partial charge is 0.328 e. The summed E-state index contributed by atoms with van der Waals surface area (Å²) in [5, 5.41) is 22.5. The molecule has 9 heteroatoms. The van der Waals surface area contributed by atoms with Gasteiger partial charge in [-0.2, -0.15) is 0 Å². The number of amides is 2. The topological polar surface area (TPSA) is 142 Å². The number of carboxylic acid groups (broad SMARTS) is 1. The van der Waals surface area contributed by atoms with Gasteiger partial charge < -0.3 is 25.6 Å². The first-order chi connectivity index (χ1) is 26.8. The molecule has 0 bridgehead atoms.